The lowest BCUT2D eigenvalue weighted by Gasteiger charge is -2.19. The van der Waals surface area contributed by atoms with Gasteiger partial charge in [-0.1, -0.05) is 305 Å². The van der Waals surface area contributed by atoms with Crippen molar-refractivity contribution in [3.8, 4) is 0 Å². The number of esters is 2. The van der Waals surface area contributed by atoms with E-state index in [1.807, 2.05) is 0 Å². The van der Waals surface area contributed by atoms with Crippen molar-refractivity contribution in [2.75, 3.05) is 26.4 Å². The molecular weight excluding hydrogens is 1120 g/mol. The lowest BCUT2D eigenvalue weighted by Crippen LogP contribution is -2.29. The zero-order valence-corrected chi connectivity index (χ0v) is 57.2. The molecule has 0 saturated heterocycles. The average molecular weight is 1250 g/mol. The molecule has 0 aromatic heterocycles. The van der Waals surface area contributed by atoms with Crippen LogP contribution in [0.25, 0.3) is 0 Å². The van der Waals surface area contributed by atoms with Gasteiger partial charge in [-0.05, 0) is 135 Å². The Kier molecular flexibility index (Phi) is 68.2. The van der Waals surface area contributed by atoms with Crippen molar-refractivity contribution in [3.05, 3.63) is 182 Å². The quantitative estimate of drug-likeness (QED) is 0.0264. The van der Waals surface area contributed by atoms with Crippen LogP contribution in [0.15, 0.2) is 182 Å². The van der Waals surface area contributed by atoms with Crippen LogP contribution in [-0.4, -0.2) is 49.3 Å². The van der Waals surface area contributed by atoms with Gasteiger partial charge >= 0.3 is 19.8 Å². The number of unbranched alkanes of at least 4 members (excludes halogenated alkanes) is 21. The number of hydrogen-bond acceptors (Lipinski definition) is 8. The van der Waals surface area contributed by atoms with Gasteiger partial charge in [0.05, 0.1) is 13.2 Å². The molecule has 0 aromatic carbocycles. The van der Waals surface area contributed by atoms with Crippen LogP contribution in [0, 0.1) is 0 Å². The smallest absolute Gasteiger partial charge is 0.462 e. The van der Waals surface area contributed by atoms with Crippen LogP contribution < -0.4 is 5.73 Å². The molecule has 0 saturated carbocycles. The summed E-state index contributed by atoms with van der Waals surface area (Å²) in [5.41, 5.74) is 5.40. The standard InChI is InChI=1S/C79H128NO8P/c1-3-5-7-9-11-13-15-17-19-21-23-25-27-29-31-33-35-36-37-38-39-40-42-44-46-48-50-52-54-56-58-60-62-64-66-68-70-72-79(82)88-77(76-87-89(83,84)86-74-73-80)75-85-78(81)71-69-67-65-63-61-59-57-55-53-51-49-47-45-43-41-34-32-30-28-26-24-22-20-18-16-14-12-10-8-6-4-2/h5-8,11-14,17-20,23-26,29-32,35-36,38-39,41-44,47,49,77H,3-4,9-10,15-16,21-22,27-28,33-34,37,40,45-46,48,50-76,80H2,1-2H3,(H,83,84)/b7-5-,8-6-,13-11-,14-12-,19-17-,20-18-,25-23-,26-24-,31-29-,32-30-,36-35-,39-38-,43-41-,44-42-,49-47-. The van der Waals surface area contributed by atoms with Gasteiger partial charge in [-0.25, -0.2) is 4.57 Å². The van der Waals surface area contributed by atoms with Crippen LogP contribution >= 0.6 is 7.82 Å². The van der Waals surface area contributed by atoms with Gasteiger partial charge < -0.3 is 20.1 Å². The Labute approximate surface area is 545 Å². The summed E-state index contributed by atoms with van der Waals surface area (Å²) in [5, 5.41) is 0. The molecule has 10 heteroatoms. The minimum absolute atomic E-state index is 0.0437. The van der Waals surface area contributed by atoms with E-state index in [9.17, 15) is 19.0 Å². The highest BCUT2D eigenvalue weighted by Crippen LogP contribution is 2.43. The average Bonchev–Trinajstić information content (AvgIpc) is 3.68. The summed E-state index contributed by atoms with van der Waals surface area (Å²) in [6.45, 7) is 3.50. The predicted molar refractivity (Wildman–Crippen MR) is 385 cm³/mol. The summed E-state index contributed by atoms with van der Waals surface area (Å²) < 4.78 is 33.2. The molecule has 0 rings (SSSR count). The summed E-state index contributed by atoms with van der Waals surface area (Å²) in [4.78, 5) is 35.4. The maximum Gasteiger partial charge on any atom is 0.472 e. The van der Waals surface area contributed by atoms with Crippen LogP contribution in [0.1, 0.15) is 271 Å². The Morgan fingerprint density at radius 2 is 0.584 bits per heavy atom. The summed E-state index contributed by atoms with van der Waals surface area (Å²) in [5.74, 6) is -0.845. The molecule has 0 aliphatic carbocycles. The van der Waals surface area contributed by atoms with Gasteiger partial charge in [-0.3, -0.25) is 18.6 Å². The van der Waals surface area contributed by atoms with Gasteiger partial charge in [-0.15, -0.1) is 0 Å². The van der Waals surface area contributed by atoms with Crippen LogP contribution in [0.2, 0.25) is 0 Å². The van der Waals surface area contributed by atoms with E-state index < -0.39 is 32.5 Å². The largest absolute Gasteiger partial charge is 0.472 e. The summed E-state index contributed by atoms with van der Waals surface area (Å²) in [6, 6.07) is 0. The molecular formula is C79H128NO8P. The van der Waals surface area contributed by atoms with E-state index in [1.54, 1.807) is 0 Å². The van der Waals surface area contributed by atoms with Crippen molar-refractivity contribution >= 4 is 19.8 Å². The van der Waals surface area contributed by atoms with Crippen molar-refractivity contribution < 1.29 is 37.6 Å². The van der Waals surface area contributed by atoms with E-state index in [2.05, 4.69) is 196 Å². The monoisotopic (exact) mass is 1250 g/mol. The maximum atomic E-state index is 12.8. The summed E-state index contributed by atoms with van der Waals surface area (Å²) >= 11 is 0. The molecule has 0 aliphatic heterocycles. The van der Waals surface area contributed by atoms with Crippen LogP contribution in [0.4, 0.5) is 0 Å². The number of ether oxygens (including phenoxy) is 2. The third kappa shape index (κ3) is 72.1. The SMILES string of the molecule is CC/C=C\C/C=C\C/C=C\C/C=C\C/C=C\C/C=C\C/C=C\C/C=C\CCCCCCCCCCCCCCC(=O)OC(COC(=O)CCCCCCCCCCC/C=C\C/C=C\C/C=C\C/C=C\C/C=C\C/C=C\C/C=C\CC)COP(=O)(O)OCCN. The molecule has 89 heavy (non-hydrogen) atoms. The topological polar surface area (TPSA) is 134 Å². The number of nitrogens with two attached hydrogens (primary N) is 1. The van der Waals surface area contributed by atoms with Crippen molar-refractivity contribution in [2.24, 2.45) is 5.73 Å². The van der Waals surface area contributed by atoms with Crippen LogP contribution in [-0.2, 0) is 32.7 Å². The van der Waals surface area contributed by atoms with Gasteiger partial charge in [-0.2, -0.15) is 0 Å². The fourth-order valence-electron chi connectivity index (χ4n) is 9.16. The second-order valence-corrected chi connectivity index (χ2v) is 24.1. The van der Waals surface area contributed by atoms with Crippen LogP contribution in [0.5, 0.6) is 0 Å². The number of hydrogen-bond donors (Lipinski definition) is 2. The predicted octanol–water partition coefficient (Wildman–Crippen LogP) is 23.5. The molecule has 0 bridgehead atoms. The minimum Gasteiger partial charge on any atom is -0.462 e. The highest BCUT2D eigenvalue weighted by Gasteiger charge is 2.26. The molecule has 2 atom stereocenters. The molecule has 9 nitrogen and oxygen atoms in total. The lowest BCUT2D eigenvalue weighted by molar-refractivity contribution is -0.161. The fourth-order valence-corrected chi connectivity index (χ4v) is 9.93. The van der Waals surface area contributed by atoms with E-state index in [0.29, 0.717) is 6.42 Å². The van der Waals surface area contributed by atoms with E-state index in [0.717, 1.165) is 154 Å². The van der Waals surface area contributed by atoms with E-state index in [-0.39, 0.29) is 32.6 Å². The number of carbonyl (C=O) groups excluding carboxylic acids is 2. The molecule has 0 spiro atoms. The molecule has 0 aliphatic rings. The lowest BCUT2D eigenvalue weighted by atomic mass is 10.0. The highest BCUT2D eigenvalue weighted by molar-refractivity contribution is 7.47. The molecule has 0 amide bonds. The highest BCUT2D eigenvalue weighted by atomic mass is 31.2. The Morgan fingerprint density at radius 1 is 0.337 bits per heavy atom. The molecule has 0 fully saturated rings. The van der Waals surface area contributed by atoms with Gasteiger partial charge in [0.2, 0.25) is 0 Å². The zero-order valence-electron chi connectivity index (χ0n) is 56.3. The first-order chi connectivity index (χ1) is 43.8. The van der Waals surface area contributed by atoms with Gasteiger partial charge in [0.25, 0.3) is 0 Å². The second-order valence-electron chi connectivity index (χ2n) is 22.6. The van der Waals surface area contributed by atoms with Crippen molar-refractivity contribution in [3.63, 3.8) is 0 Å². The van der Waals surface area contributed by atoms with Gasteiger partial charge in [0.15, 0.2) is 6.10 Å². The number of phosphoric acid groups is 1. The number of rotatable bonds is 64. The Morgan fingerprint density at radius 3 is 0.865 bits per heavy atom. The van der Waals surface area contributed by atoms with Crippen molar-refractivity contribution in [1.82, 2.24) is 0 Å². The minimum atomic E-state index is -4.41. The third-order valence-corrected chi connectivity index (χ3v) is 15.3. The zero-order chi connectivity index (χ0) is 64.4. The maximum absolute atomic E-state index is 12.8. The first-order valence-electron chi connectivity index (χ1n) is 35.3. The molecule has 0 aromatic rings. The van der Waals surface area contributed by atoms with E-state index in [4.69, 9.17) is 24.3 Å². The molecule has 3 N–H and O–H groups in total. The number of phosphoric ester groups is 1. The van der Waals surface area contributed by atoms with Crippen LogP contribution in [0.3, 0.4) is 0 Å². The second kappa shape index (κ2) is 72.2. The van der Waals surface area contributed by atoms with Gasteiger partial charge in [0, 0.05) is 19.4 Å². The first kappa shape index (κ1) is 84.1. The van der Waals surface area contributed by atoms with Gasteiger partial charge in [0.1, 0.15) is 6.61 Å². The summed E-state index contributed by atoms with van der Waals surface area (Å²) in [7, 11) is -4.41. The van der Waals surface area contributed by atoms with Crippen molar-refractivity contribution in [1.29, 1.82) is 0 Å². The third-order valence-electron chi connectivity index (χ3n) is 14.3. The van der Waals surface area contributed by atoms with Crippen molar-refractivity contribution in [2.45, 2.75) is 277 Å². The van der Waals surface area contributed by atoms with E-state index >= 15 is 0 Å². The number of carbonyl (C=O) groups is 2. The first-order valence-corrected chi connectivity index (χ1v) is 36.8. The number of allylic oxidation sites excluding steroid dienone is 30. The Hall–Kier alpha value is -4.89. The Balaban J connectivity index is 3.97. The normalized spacial score (nSPS) is 14.1. The molecule has 0 radical (unpaired) electrons. The molecule has 2 unspecified atom stereocenters. The summed E-state index contributed by atoms with van der Waals surface area (Å²) in [6.07, 6.45) is 108. The molecule has 0 heterocycles. The molecule has 502 valence electrons. The fraction of sp³-hybridized carbons (Fsp3) is 0.595. The Bertz CT molecular complexity index is 2110. The van der Waals surface area contributed by atoms with E-state index in [1.165, 1.54) is 83.5 Å².